The fourth-order valence-electron chi connectivity index (χ4n) is 1.95. The van der Waals surface area contributed by atoms with Crippen LogP contribution >= 0.6 is 11.8 Å². The number of thioether (sulfide) groups is 1. The minimum atomic E-state index is -0.165. The van der Waals surface area contributed by atoms with Gasteiger partial charge in [-0.15, -0.1) is 0 Å². The van der Waals surface area contributed by atoms with Gasteiger partial charge in [-0.1, -0.05) is 0 Å². The molecule has 1 amide bonds. The zero-order chi connectivity index (χ0) is 12.3. The predicted octanol–water partition coefficient (Wildman–Crippen LogP) is 0.875. The molecule has 2 heterocycles. The molecule has 3 N–H and O–H groups in total. The summed E-state index contributed by atoms with van der Waals surface area (Å²) in [6.45, 7) is 0.732. The molecule has 1 saturated heterocycles. The zero-order valence-corrected chi connectivity index (χ0v) is 10.8. The molecule has 0 aromatic carbocycles. The van der Waals surface area contributed by atoms with Gasteiger partial charge in [-0.3, -0.25) is 9.48 Å². The molecule has 6 heteroatoms. The van der Waals surface area contributed by atoms with E-state index in [1.165, 1.54) is 24.3 Å². The molecule has 94 valence electrons. The molecule has 17 heavy (non-hydrogen) atoms. The van der Waals surface area contributed by atoms with Crippen LogP contribution in [0.3, 0.4) is 0 Å². The maximum Gasteiger partial charge on any atom is 0.273 e. The van der Waals surface area contributed by atoms with E-state index in [0.29, 0.717) is 17.3 Å². The summed E-state index contributed by atoms with van der Waals surface area (Å²) in [7, 11) is 1.76. The Bertz CT molecular complexity index is 398. The molecule has 0 radical (unpaired) electrons. The summed E-state index contributed by atoms with van der Waals surface area (Å²) in [6, 6.07) is 0. The van der Waals surface area contributed by atoms with Crippen LogP contribution in [-0.4, -0.2) is 33.7 Å². The summed E-state index contributed by atoms with van der Waals surface area (Å²) < 4.78 is 1.56. The molecule has 0 unspecified atom stereocenters. The van der Waals surface area contributed by atoms with E-state index in [2.05, 4.69) is 10.4 Å². The molecule has 1 aromatic heterocycles. The summed E-state index contributed by atoms with van der Waals surface area (Å²) in [4.78, 5) is 11.8. The second-order valence-electron chi connectivity index (χ2n) is 4.37. The number of hydrogen-bond acceptors (Lipinski definition) is 4. The number of carbonyl (C=O) groups excluding carboxylic acids is 1. The Kier molecular flexibility index (Phi) is 3.93. The zero-order valence-electron chi connectivity index (χ0n) is 9.98. The third-order valence-electron chi connectivity index (χ3n) is 2.96. The monoisotopic (exact) mass is 254 g/mol. The van der Waals surface area contributed by atoms with Gasteiger partial charge in [0.05, 0.1) is 5.69 Å². The van der Waals surface area contributed by atoms with E-state index in [4.69, 9.17) is 5.73 Å². The number of aromatic nitrogens is 2. The Hall–Kier alpha value is -1.17. The van der Waals surface area contributed by atoms with E-state index in [1.807, 2.05) is 11.8 Å². The van der Waals surface area contributed by atoms with Crippen molar-refractivity contribution in [3.05, 3.63) is 11.9 Å². The number of amides is 1. The van der Waals surface area contributed by atoms with Crippen molar-refractivity contribution >= 4 is 23.4 Å². The van der Waals surface area contributed by atoms with E-state index in [-0.39, 0.29) is 5.91 Å². The number of hydrogen-bond donors (Lipinski definition) is 2. The second kappa shape index (κ2) is 5.44. The summed E-state index contributed by atoms with van der Waals surface area (Å²) in [5.41, 5.74) is 6.47. The van der Waals surface area contributed by atoms with Crippen LogP contribution in [0.5, 0.6) is 0 Å². The van der Waals surface area contributed by atoms with Crippen molar-refractivity contribution in [1.82, 2.24) is 15.1 Å². The lowest BCUT2D eigenvalue weighted by molar-refractivity contribution is 0.0941. The smallest absolute Gasteiger partial charge is 0.273 e. The van der Waals surface area contributed by atoms with Crippen LogP contribution in [0.25, 0.3) is 0 Å². The first-order valence-corrected chi connectivity index (χ1v) is 6.97. The molecular formula is C11H18N4OS. The van der Waals surface area contributed by atoms with Crippen molar-refractivity contribution in [3.8, 4) is 0 Å². The summed E-state index contributed by atoms with van der Waals surface area (Å²) in [6.07, 6.45) is 4.01. The average Bonchev–Trinajstić information content (AvgIpc) is 2.67. The van der Waals surface area contributed by atoms with Gasteiger partial charge in [0.15, 0.2) is 5.69 Å². The van der Waals surface area contributed by atoms with Crippen LogP contribution in [-0.2, 0) is 7.05 Å². The number of anilines is 1. The molecule has 0 aliphatic carbocycles. The quantitative estimate of drug-likeness (QED) is 0.839. The molecule has 0 saturated carbocycles. The van der Waals surface area contributed by atoms with Gasteiger partial charge >= 0.3 is 0 Å². The Morgan fingerprint density at radius 2 is 2.35 bits per heavy atom. The molecule has 1 aromatic rings. The average molecular weight is 254 g/mol. The van der Waals surface area contributed by atoms with Crippen molar-refractivity contribution in [1.29, 1.82) is 0 Å². The third-order valence-corrected chi connectivity index (χ3v) is 4.01. The van der Waals surface area contributed by atoms with Gasteiger partial charge in [0.2, 0.25) is 0 Å². The van der Waals surface area contributed by atoms with Gasteiger partial charge in [-0.05, 0) is 30.3 Å². The topological polar surface area (TPSA) is 72.9 Å². The molecule has 1 fully saturated rings. The van der Waals surface area contributed by atoms with Gasteiger partial charge < -0.3 is 11.1 Å². The van der Waals surface area contributed by atoms with E-state index < -0.39 is 0 Å². The highest BCUT2D eigenvalue weighted by Gasteiger charge is 2.17. The van der Waals surface area contributed by atoms with Crippen LogP contribution < -0.4 is 11.1 Å². The van der Waals surface area contributed by atoms with E-state index >= 15 is 0 Å². The standard InChI is InChI=1S/C11H18N4OS/c1-15-7-9(12)10(14-15)11(16)13-6-8-2-4-17-5-3-8/h7-8H,2-6,12H2,1H3,(H,13,16). The SMILES string of the molecule is Cn1cc(N)c(C(=O)NCC2CCSCC2)n1. The Balaban J connectivity index is 1.86. The number of nitrogens with two attached hydrogens (primary N) is 1. The maximum absolute atomic E-state index is 11.8. The highest BCUT2D eigenvalue weighted by atomic mass is 32.2. The Labute approximate surface area is 105 Å². The molecule has 0 bridgehead atoms. The molecule has 1 aliphatic rings. The van der Waals surface area contributed by atoms with Crippen molar-refractivity contribution < 1.29 is 4.79 Å². The normalized spacial score (nSPS) is 17.0. The molecular weight excluding hydrogens is 236 g/mol. The lowest BCUT2D eigenvalue weighted by Gasteiger charge is -2.21. The number of nitrogens with zero attached hydrogens (tertiary/aromatic N) is 2. The van der Waals surface area contributed by atoms with E-state index in [1.54, 1.807) is 17.9 Å². The van der Waals surface area contributed by atoms with Crippen molar-refractivity contribution in [2.75, 3.05) is 23.8 Å². The van der Waals surface area contributed by atoms with Crippen molar-refractivity contribution in [2.45, 2.75) is 12.8 Å². The number of nitrogen functional groups attached to an aromatic ring is 1. The van der Waals surface area contributed by atoms with Crippen LogP contribution in [0.1, 0.15) is 23.3 Å². The van der Waals surface area contributed by atoms with Crippen LogP contribution in [0.4, 0.5) is 5.69 Å². The lowest BCUT2D eigenvalue weighted by atomic mass is 10.0. The number of aryl methyl sites for hydroxylation is 1. The molecule has 0 atom stereocenters. The first-order chi connectivity index (χ1) is 8.16. The maximum atomic E-state index is 11.8. The minimum absolute atomic E-state index is 0.165. The van der Waals surface area contributed by atoms with Crippen LogP contribution in [0.2, 0.25) is 0 Å². The van der Waals surface area contributed by atoms with Gasteiger partial charge in [0.25, 0.3) is 5.91 Å². The molecule has 2 rings (SSSR count). The summed E-state index contributed by atoms with van der Waals surface area (Å²) in [5, 5.41) is 6.97. The fraction of sp³-hybridized carbons (Fsp3) is 0.636. The molecule has 5 nitrogen and oxygen atoms in total. The highest BCUT2D eigenvalue weighted by molar-refractivity contribution is 7.99. The lowest BCUT2D eigenvalue weighted by Crippen LogP contribution is -2.31. The molecule has 1 aliphatic heterocycles. The van der Waals surface area contributed by atoms with E-state index in [9.17, 15) is 4.79 Å². The minimum Gasteiger partial charge on any atom is -0.396 e. The number of nitrogens with one attached hydrogen (secondary N) is 1. The third kappa shape index (κ3) is 3.15. The van der Waals surface area contributed by atoms with Gasteiger partial charge in [-0.25, -0.2) is 0 Å². The van der Waals surface area contributed by atoms with Gasteiger partial charge in [0, 0.05) is 19.8 Å². The summed E-state index contributed by atoms with van der Waals surface area (Å²) in [5.74, 6) is 2.84. The van der Waals surface area contributed by atoms with E-state index in [0.717, 1.165) is 6.54 Å². The summed E-state index contributed by atoms with van der Waals surface area (Å²) >= 11 is 1.99. The predicted molar refractivity (Wildman–Crippen MR) is 70.0 cm³/mol. The van der Waals surface area contributed by atoms with Crippen molar-refractivity contribution in [3.63, 3.8) is 0 Å². The van der Waals surface area contributed by atoms with Gasteiger partial charge in [0.1, 0.15) is 0 Å². The molecule has 0 spiro atoms. The highest BCUT2D eigenvalue weighted by Crippen LogP contribution is 2.22. The second-order valence-corrected chi connectivity index (χ2v) is 5.60. The number of carbonyl (C=O) groups is 1. The first kappa shape index (κ1) is 12.3. The van der Waals surface area contributed by atoms with Crippen LogP contribution in [0, 0.1) is 5.92 Å². The number of rotatable bonds is 3. The van der Waals surface area contributed by atoms with Crippen molar-refractivity contribution in [2.24, 2.45) is 13.0 Å². The Morgan fingerprint density at radius 1 is 1.65 bits per heavy atom. The Morgan fingerprint density at radius 3 is 2.94 bits per heavy atom. The fourth-order valence-corrected chi connectivity index (χ4v) is 3.16. The first-order valence-electron chi connectivity index (χ1n) is 5.82. The van der Waals surface area contributed by atoms with Gasteiger partial charge in [-0.2, -0.15) is 16.9 Å². The largest absolute Gasteiger partial charge is 0.396 e. The van der Waals surface area contributed by atoms with Crippen LogP contribution in [0.15, 0.2) is 6.20 Å².